The quantitative estimate of drug-likeness (QED) is 0.677. The van der Waals surface area contributed by atoms with Crippen molar-refractivity contribution in [1.29, 1.82) is 0 Å². The van der Waals surface area contributed by atoms with Crippen molar-refractivity contribution in [1.82, 2.24) is 9.55 Å². The molecule has 0 saturated heterocycles. The van der Waals surface area contributed by atoms with Crippen LogP contribution < -0.4 is 15.4 Å². The molecule has 0 unspecified atom stereocenters. The van der Waals surface area contributed by atoms with Crippen LogP contribution in [0.5, 0.6) is 5.88 Å². The molecule has 2 aromatic heterocycles. The molecule has 1 amide bonds. The SMILES string of the molecule is Cn1c(O)c(C2=c3cc(F)ccc3=NC2=O)sc1=Nc1cccnc1Cl. The third-order valence-electron chi connectivity index (χ3n) is 3.85. The number of halogens is 2. The Morgan fingerprint density at radius 2 is 2.15 bits per heavy atom. The highest BCUT2D eigenvalue weighted by atomic mass is 35.5. The van der Waals surface area contributed by atoms with Crippen LogP contribution >= 0.6 is 22.9 Å². The van der Waals surface area contributed by atoms with Crippen molar-refractivity contribution < 1.29 is 14.3 Å². The maximum absolute atomic E-state index is 13.6. The number of hydrogen-bond donors (Lipinski definition) is 1. The van der Waals surface area contributed by atoms with Gasteiger partial charge >= 0.3 is 0 Å². The van der Waals surface area contributed by atoms with Gasteiger partial charge in [-0.1, -0.05) is 22.9 Å². The number of hydrogen-bond acceptors (Lipinski definition) is 5. The lowest BCUT2D eigenvalue weighted by atomic mass is 10.1. The maximum atomic E-state index is 13.6. The number of pyridine rings is 1. The van der Waals surface area contributed by atoms with Crippen LogP contribution in [0.2, 0.25) is 5.15 Å². The van der Waals surface area contributed by atoms with Gasteiger partial charge in [0.05, 0.1) is 10.9 Å². The monoisotopic (exact) mass is 388 g/mol. The van der Waals surface area contributed by atoms with Gasteiger partial charge in [-0.15, -0.1) is 0 Å². The highest BCUT2D eigenvalue weighted by Crippen LogP contribution is 2.28. The number of benzene rings is 1. The third-order valence-corrected chi connectivity index (χ3v) is 5.28. The Hall–Kier alpha value is -2.84. The van der Waals surface area contributed by atoms with Crippen molar-refractivity contribution in [2.75, 3.05) is 0 Å². The first-order valence-electron chi connectivity index (χ1n) is 7.43. The van der Waals surface area contributed by atoms with Gasteiger partial charge in [0.15, 0.2) is 9.95 Å². The lowest BCUT2D eigenvalue weighted by Crippen LogP contribution is -2.23. The molecular weight excluding hydrogens is 379 g/mol. The molecule has 1 aromatic carbocycles. The van der Waals surface area contributed by atoms with E-state index in [9.17, 15) is 14.3 Å². The molecule has 26 heavy (non-hydrogen) atoms. The van der Waals surface area contributed by atoms with Crippen molar-refractivity contribution >= 4 is 40.1 Å². The highest BCUT2D eigenvalue weighted by Gasteiger charge is 2.25. The third kappa shape index (κ3) is 2.63. The van der Waals surface area contributed by atoms with Crippen LogP contribution in [0.25, 0.3) is 5.57 Å². The summed E-state index contributed by atoms with van der Waals surface area (Å²) >= 11 is 7.10. The van der Waals surface area contributed by atoms with Gasteiger partial charge in [0.2, 0.25) is 5.88 Å². The molecule has 3 heterocycles. The predicted octanol–water partition coefficient (Wildman–Crippen LogP) is 1.57. The van der Waals surface area contributed by atoms with Crippen LogP contribution in [0.1, 0.15) is 4.88 Å². The highest BCUT2D eigenvalue weighted by molar-refractivity contribution is 7.11. The van der Waals surface area contributed by atoms with Gasteiger partial charge in [0.1, 0.15) is 16.4 Å². The summed E-state index contributed by atoms with van der Waals surface area (Å²) in [7, 11) is 1.60. The van der Waals surface area contributed by atoms with Gasteiger partial charge in [-0.05, 0) is 30.3 Å². The summed E-state index contributed by atoms with van der Waals surface area (Å²) in [5.74, 6) is -1.18. The standard InChI is InChI=1S/C17H10ClFN4O2S/c1-23-16(25)13(26-17(23)22-11-3-2-6-20-14(11)18)12-9-7-8(19)4-5-10(9)21-15(12)24/h2-7,25H,1H3. The summed E-state index contributed by atoms with van der Waals surface area (Å²) in [6, 6.07) is 7.26. The van der Waals surface area contributed by atoms with Crippen molar-refractivity contribution in [3.8, 4) is 5.88 Å². The van der Waals surface area contributed by atoms with E-state index in [1.807, 2.05) is 0 Å². The molecule has 6 nitrogen and oxygen atoms in total. The molecule has 0 aliphatic carbocycles. The summed E-state index contributed by atoms with van der Waals surface area (Å²) in [5, 5.41) is 11.4. The zero-order valence-electron chi connectivity index (χ0n) is 13.3. The Balaban J connectivity index is 1.99. The van der Waals surface area contributed by atoms with Gasteiger partial charge in [-0.2, -0.15) is 0 Å². The lowest BCUT2D eigenvalue weighted by molar-refractivity contribution is -0.112. The van der Waals surface area contributed by atoms with E-state index < -0.39 is 11.7 Å². The van der Waals surface area contributed by atoms with E-state index in [1.165, 1.54) is 22.8 Å². The number of aromatic nitrogens is 2. The fraction of sp³-hybridized carbons (Fsp3) is 0.0588. The summed E-state index contributed by atoms with van der Waals surface area (Å²) in [5.41, 5.74) is 0.577. The molecular formula is C17H10ClFN4O2S. The Morgan fingerprint density at radius 1 is 1.35 bits per heavy atom. The summed E-state index contributed by atoms with van der Waals surface area (Å²) in [6.45, 7) is 0. The molecule has 0 bridgehead atoms. The second-order valence-corrected chi connectivity index (χ2v) is 6.81. The normalized spacial score (nSPS) is 13.9. The Labute approximate surface area is 154 Å². The van der Waals surface area contributed by atoms with Gasteiger partial charge in [-0.3, -0.25) is 9.36 Å². The molecule has 0 atom stereocenters. The molecule has 1 aliphatic heterocycles. The van der Waals surface area contributed by atoms with Crippen molar-refractivity contribution in [2.45, 2.75) is 0 Å². The fourth-order valence-electron chi connectivity index (χ4n) is 2.58. The topological polar surface area (TPSA) is 79.8 Å². The van der Waals surface area contributed by atoms with Crippen LogP contribution in [0, 0.1) is 5.82 Å². The first kappa shape index (κ1) is 16.6. The zero-order valence-corrected chi connectivity index (χ0v) is 14.8. The Morgan fingerprint density at radius 3 is 2.92 bits per heavy atom. The Bertz CT molecular complexity index is 1260. The molecule has 0 saturated carbocycles. The van der Waals surface area contributed by atoms with Crippen molar-refractivity contribution in [3.05, 3.63) is 67.8 Å². The second-order valence-electron chi connectivity index (χ2n) is 5.47. The van der Waals surface area contributed by atoms with Crippen LogP contribution in [0.4, 0.5) is 10.1 Å². The number of carbonyl (C=O) groups is 1. The minimum absolute atomic E-state index is 0.149. The first-order chi connectivity index (χ1) is 12.5. The minimum Gasteiger partial charge on any atom is -0.493 e. The average Bonchev–Trinajstić information content (AvgIpc) is 3.07. The molecule has 3 aromatic rings. The molecule has 130 valence electrons. The minimum atomic E-state index is -0.534. The second kappa shape index (κ2) is 6.15. The van der Waals surface area contributed by atoms with E-state index in [-0.39, 0.29) is 21.5 Å². The van der Waals surface area contributed by atoms with E-state index in [0.29, 0.717) is 21.1 Å². The van der Waals surface area contributed by atoms with Crippen LogP contribution in [-0.2, 0) is 11.8 Å². The lowest BCUT2D eigenvalue weighted by Gasteiger charge is -1.98. The number of amides is 1. The van der Waals surface area contributed by atoms with Crippen LogP contribution in [0.15, 0.2) is 46.5 Å². The predicted molar refractivity (Wildman–Crippen MR) is 94.1 cm³/mol. The zero-order chi connectivity index (χ0) is 18.4. The molecule has 0 spiro atoms. The molecule has 0 radical (unpaired) electrons. The summed E-state index contributed by atoms with van der Waals surface area (Å²) in [4.78, 5) is 25.2. The molecule has 9 heteroatoms. The number of fused-ring (bicyclic) bond motifs is 1. The number of aromatic hydroxyl groups is 1. The fourth-order valence-corrected chi connectivity index (χ4v) is 3.82. The van der Waals surface area contributed by atoms with Crippen LogP contribution in [-0.4, -0.2) is 20.6 Å². The van der Waals surface area contributed by atoms with E-state index in [2.05, 4.69) is 15.0 Å². The van der Waals surface area contributed by atoms with Gasteiger partial charge in [-0.25, -0.2) is 19.4 Å². The molecule has 4 rings (SSSR count). The molecule has 0 fully saturated rings. The molecule has 1 N–H and O–H groups in total. The first-order valence-corrected chi connectivity index (χ1v) is 8.62. The van der Waals surface area contributed by atoms with Gasteiger partial charge < -0.3 is 5.11 Å². The smallest absolute Gasteiger partial charge is 0.279 e. The average molecular weight is 389 g/mol. The van der Waals surface area contributed by atoms with Crippen molar-refractivity contribution in [3.63, 3.8) is 0 Å². The summed E-state index contributed by atoms with van der Waals surface area (Å²) in [6.07, 6.45) is 1.54. The molecule has 1 aliphatic rings. The number of nitrogens with zero attached hydrogens (tertiary/aromatic N) is 4. The van der Waals surface area contributed by atoms with Crippen LogP contribution in [0.3, 0.4) is 0 Å². The number of thiazole rings is 1. The largest absolute Gasteiger partial charge is 0.493 e. The van der Waals surface area contributed by atoms with Gasteiger partial charge in [0, 0.05) is 18.5 Å². The van der Waals surface area contributed by atoms with E-state index in [0.717, 1.165) is 11.3 Å². The van der Waals surface area contributed by atoms with E-state index in [1.54, 1.807) is 25.4 Å². The maximum Gasteiger partial charge on any atom is 0.279 e. The van der Waals surface area contributed by atoms with E-state index >= 15 is 0 Å². The Kier molecular flexibility index (Phi) is 3.93. The number of carbonyl (C=O) groups excluding carboxylic acids is 1. The van der Waals surface area contributed by atoms with Crippen molar-refractivity contribution in [2.24, 2.45) is 17.0 Å². The van der Waals surface area contributed by atoms with Gasteiger partial charge in [0.25, 0.3) is 5.91 Å². The van der Waals surface area contributed by atoms with E-state index in [4.69, 9.17) is 11.6 Å². The number of rotatable bonds is 2. The summed E-state index contributed by atoms with van der Waals surface area (Å²) < 4.78 is 15.0.